The van der Waals surface area contributed by atoms with Crippen LogP contribution in [0.3, 0.4) is 0 Å². The Morgan fingerprint density at radius 3 is 2.39 bits per heavy atom. The lowest BCUT2D eigenvalue weighted by atomic mass is 9.63. The van der Waals surface area contributed by atoms with Crippen molar-refractivity contribution in [3.8, 4) is 0 Å². The van der Waals surface area contributed by atoms with Crippen molar-refractivity contribution in [2.24, 2.45) is 5.41 Å². The Kier molecular flexibility index (Phi) is 4.13. The van der Waals surface area contributed by atoms with Gasteiger partial charge in [0.15, 0.2) is 0 Å². The summed E-state index contributed by atoms with van der Waals surface area (Å²) < 4.78 is 6.01. The Balaban J connectivity index is 1.75. The van der Waals surface area contributed by atoms with Crippen molar-refractivity contribution >= 4 is 6.09 Å². The maximum atomic E-state index is 11.0. The molecule has 1 aromatic carbocycles. The molecule has 1 aliphatic heterocycles. The predicted octanol–water partition coefficient (Wildman–Crippen LogP) is 4.21. The molecule has 0 aromatic heterocycles. The monoisotopic (exact) mass is 317 g/mol. The van der Waals surface area contributed by atoms with Gasteiger partial charge in [-0.05, 0) is 42.7 Å². The fourth-order valence-corrected chi connectivity index (χ4v) is 4.19. The van der Waals surface area contributed by atoms with Gasteiger partial charge in [-0.2, -0.15) is 0 Å². The summed E-state index contributed by atoms with van der Waals surface area (Å²) in [6.45, 7) is 5.80. The largest absolute Gasteiger partial charge is 0.465 e. The van der Waals surface area contributed by atoms with Gasteiger partial charge in [0.25, 0.3) is 0 Å². The first kappa shape index (κ1) is 16.3. The normalized spacial score (nSPS) is 22.2. The smallest absolute Gasteiger partial charge is 0.407 e. The van der Waals surface area contributed by atoms with Crippen molar-refractivity contribution in [2.45, 2.75) is 51.0 Å². The van der Waals surface area contributed by atoms with Gasteiger partial charge >= 0.3 is 6.09 Å². The second-order valence-corrected chi connectivity index (χ2v) is 7.62. The fraction of sp³-hybridized carbons (Fsp3) is 0.632. The van der Waals surface area contributed by atoms with Crippen molar-refractivity contribution in [3.63, 3.8) is 0 Å². The van der Waals surface area contributed by atoms with Crippen molar-refractivity contribution in [2.75, 3.05) is 20.2 Å². The molecule has 23 heavy (non-hydrogen) atoms. The van der Waals surface area contributed by atoms with Crippen LogP contribution in [0.4, 0.5) is 4.79 Å². The minimum atomic E-state index is -0.788. The third-order valence-corrected chi connectivity index (χ3v) is 5.91. The number of carboxylic acid groups (broad SMARTS) is 1. The third-order valence-electron chi connectivity index (χ3n) is 5.91. The van der Waals surface area contributed by atoms with Crippen LogP contribution in [-0.4, -0.2) is 36.3 Å². The molecule has 3 rings (SSSR count). The molecule has 4 nitrogen and oxygen atoms in total. The van der Waals surface area contributed by atoms with Crippen molar-refractivity contribution in [1.29, 1.82) is 0 Å². The lowest BCUT2D eigenvalue weighted by molar-refractivity contribution is -0.106. The van der Waals surface area contributed by atoms with Crippen LogP contribution >= 0.6 is 0 Å². The summed E-state index contributed by atoms with van der Waals surface area (Å²) in [5.74, 6) is 0.509. The highest BCUT2D eigenvalue weighted by molar-refractivity contribution is 5.66. The zero-order valence-corrected chi connectivity index (χ0v) is 14.3. The number of likely N-dealkylation sites (tertiary alicyclic amines) is 1. The molecule has 0 atom stereocenters. The van der Waals surface area contributed by atoms with Gasteiger partial charge in [-0.15, -0.1) is 0 Å². The van der Waals surface area contributed by atoms with Gasteiger partial charge < -0.3 is 14.7 Å². The molecule has 1 aromatic rings. The zero-order valence-electron chi connectivity index (χ0n) is 14.3. The van der Waals surface area contributed by atoms with E-state index in [9.17, 15) is 4.79 Å². The van der Waals surface area contributed by atoms with Crippen molar-refractivity contribution in [3.05, 3.63) is 35.4 Å². The third kappa shape index (κ3) is 2.85. The summed E-state index contributed by atoms with van der Waals surface area (Å²) in [6, 6.07) is 8.78. The molecule has 0 unspecified atom stereocenters. The van der Waals surface area contributed by atoms with Gasteiger partial charge in [0.05, 0.1) is 5.60 Å². The van der Waals surface area contributed by atoms with Gasteiger partial charge in [-0.25, -0.2) is 4.79 Å². The van der Waals surface area contributed by atoms with Gasteiger partial charge in [0.1, 0.15) is 0 Å². The summed E-state index contributed by atoms with van der Waals surface area (Å²) in [4.78, 5) is 12.5. The van der Waals surface area contributed by atoms with E-state index < -0.39 is 6.09 Å². The highest BCUT2D eigenvalue weighted by Crippen LogP contribution is 2.51. The number of carbonyl (C=O) groups is 1. The molecule has 126 valence electrons. The molecule has 4 heteroatoms. The first-order chi connectivity index (χ1) is 10.9. The second-order valence-electron chi connectivity index (χ2n) is 7.62. The van der Waals surface area contributed by atoms with E-state index in [2.05, 4.69) is 38.1 Å². The number of amides is 1. The van der Waals surface area contributed by atoms with E-state index in [-0.39, 0.29) is 11.0 Å². The standard InChI is InChI=1S/C19H27NO3/c1-14(2)15-5-4-6-16(11-15)19(23-3)9-7-18(8-10-19)12-20(13-18)17(21)22/h4-6,11,14H,7-10,12-13H2,1-3H3,(H,21,22). The molecule has 1 heterocycles. The van der Waals surface area contributed by atoms with E-state index in [4.69, 9.17) is 9.84 Å². The Morgan fingerprint density at radius 2 is 1.87 bits per heavy atom. The topological polar surface area (TPSA) is 49.8 Å². The van der Waals surface area contributed by atoms with Crippen molar-refractivity contribution in [1.82, 2.24) is 4.90 Å². The molecule has 2 aliphatic rings. The fourth-order valence-electron chi connectivity index (χ4n) is 4.19. The van der Waals surface area contributed by atoms with Gasteiger partial charge in [-0.3, -0.25) is 0 Å². The molecule has 0 bridgehead atoms. The number of nitrogens with zero attached hydrogens (tertiary/aromatic N) is 1. The molecular weight excluding hydrogens is 290 g/mol. The Labute approximate surface area is 138 Å². The predicted molar refractivity (Wildman–Crippen MR) is 89.7 cm³/mol. The van der Waals surface area contributed by atoms with Crippen LogP contribution in [0.1, 0.15) is 56.6 Å². The van der Waals surface area contributed by atoms with Crippen LogP contribution in [-0.2, 0) is 10.3 Å². The van der Waals surface area contributed by atoms with Crippen LogP contribution in [0.15, 0.2) is 24.3 Å². The minimum Gasteiger partial charge on any atom is -0.465 e. The van der Waals surface area contributed by atoms with E-state index in [1.807, 2.05) is 7.11 Å². The van der Waals surface area contributed by atoms with E-state index in [0.717, 1.165) is 25.7 Å². The molecule has 0 radical (unpaired) electrons. The zero-order chi connectivity index (χ0) is 16.7. The first-order valence-corrected chi connectivity index (χ1v) is 8.53. The average Bonchev–Trinajstić information content (AvgIpc) is 2.52. The number of ether oxygens (including phenoxy) is 1. The summed E-state index contributed by atoms with van der Waals surface area (Å²) in [5, 5.41) is 9.06. The van der Waals surface area contributed by atoms with Crippen LogP contribution < -0.4 is 0 Å². The average molecular weight is 317 g/mol. The molecular formula is C19H27NO3. The van der Waals surface area contributed by atoms with E-state index in [1.165, 1.54) is 16.0 Å². The first-order valence-electron chi connectivity index (χ1n) is 8.53. The Bertz CT molecular complexity index is 580. The molecule has 1 saturated heterocycles. The van der Waals surface area contributed by atoms with E-state index in [0.29, 0.717) is 19.0 Å². The van der Waals surface area contributed by atoms with Crippen LogP contribution in [0, 0.1) is 5.41 Å². The van der Waals surface area contributed by atoms with Crippen LogP contribution in [0.2, 0.25) is 0 Å². The summed E-state index contributed by atoms with van der Waals surface area (Å²) in [7, 11) is 1.81. The highest BCUT2D eigenvalue weighted by Gasteiger charge is 2.51. The SMILES string of the molecule is COC1(c2cccc(C(C)C)c2)CCC2(CC1)CN(C(=O)O)C2. The Morgan fingerprint density at radius 1 is 1.22 bits per heavy atom. The second kappa shape index (κ2) is 5.82. The maximum Gasteiger partial charge on any atom is 0.407 e. The molecule has 1 N–H and O–H groups in total. The lowest BCUT2D eigenvalue weighted by Gasteiger charge is -2.54. The van der Waals surface area contributed by atoms with Crippen molar-refractivity contribution < 1.29 is 14.6 Å². The van der Waals surface area contributed by atoms with E-state index >= 15 is 0 Å². The minimum absolute atomic E-state index is 0.191. The molecule has 1 amide bonds. The number of benzene rings is 1. The number of methoxy groups -OCH3 is 1. The number of rotatable bonds is 3. The molecule has 1 aliphatic carbocycles. The molecule has 1 spiro atoms. The summed E-state index contributed by atoms with van der Waals surface area (Å²) in [5.41, 5.74) is 2.60. The molecule has 1 saturated carbocycles. The van der Waals surface area contributed by atoms with Crippen LogP contribution in [0.25, 0.3) is 0 Å². The van der Waals surface area contributed by atoms with Gasteiger partial charge in [-0.1, -0.05) is 38.1 Å². The van der Waals surface area contributed by atoms with Crippen LogP contribution in [0.5, 0.6) is 0 Å². The molecule has 2 fully saturated rings. The number of hydrogen-bond acceptors (Lipinski definition) is 2. The highest BCUT2D eigenvalue weighted by atomic mass is 16.5. The quantitative estimate of drug-likeness (QED) is 0.908. The van der Waals surface area contributed by atoms with E-state index in [1.54, 1.807) is 0 Å². The number of hydrogen-bond donors (Lipinski definition) is 1. The van der Waals surface area contributed by atoms with Gasteiger partial charge in [0, 0.05) is 25.6 Å². The summed E-state index contributed by atoms with van der Waals surface area (Å²) in [6.07, 6.45) is 3.23. The lowest BCUT2D eigenvalue weighted by Crippen LogP contribution is -2.60. The maximum absolute atomic E-state index is 11.0. The Hall–Kier alpha value is -1.55. The summed E-state index contributed by atoms with van der Waals surface area (Å²) >= 11 is 0. The van der Waals surface area contributed by atoms with Gasteiger partial charge in [0.2, 0.25) is 0 Å².